The van der Waals surface area contributed by atoms with Crippen LogP contribution in [0.25, 0.3) is 0 Å². The minimum Gasteiger partial charge on any atom is -0.377 e. The number of nitrogens with zero attached hydrogens (tertiary/aromatic N) is 1. The van der Waals surface area contributed by atoms with Crippen molar-refractivity contribution in [1.29, 1.82) is 0 Å². The highest BCUT2D eigenvalue weighted by Gasteiger charge is 2.59. The monoisotopic (exact) mass is 337 g/mol. The normalized spacial score (nSPS) is 28.2. The number of guanidine groups is 1. The van der Waals surface area contributed by atoms with Gasteiger partial charge in [0.15, 0.2) is 5.96 Å². The van der Waals surface area contributed by atoms with E-state index in [-0.39, 0.29) is 23.6 Å². The third kappa shape index (κ3) is 3.11. The summed E-state index contributed by atoms with van der Waals surface area (Å²) in [4.78, 5) is 4.43. The van der Waals surface area contributed by atoms with Gasteiger partial charge >= 0.3 is 0 Å². The van der Waals surface area contributed by atoms with Crippen LogP contribution < -0.4 is 10.6 Å². The molecule has 2 N–H and O–H groups in total. The maximum absolute atomic E-state index is 13.8. The number of nitrogens with one attached hydrogen (secondary N) is 2. The van der Waals surface area contributed by atoms with Crippen LogP contribution in [0.4, 0.5) is 8.78 Å². The quantitative estimate of drug-likeness (QED) is 0.656. The number of fused-ring (bicyclic) bond motifs is 1. The Labute approximate surface area is 141 Å². The van der Waals surface area contributed by atoms with Gasteiger partial charge in [-0.25, -0.2) is 13.8 Å². The highest BCUT2D eigenvalue weighted by Crippen LogP contribution is 2.52. The summed E-state index contributed by atoms with van der Waals surface area (Å²) in [6, 6.07) is 3.70. The Morgan fingerprint density at radius 3 is 2.92 bits per heavy atom. The van der Waals surface area contributed by atoms with E-state index >= 15 is 0 Å². The fourth-order valence-corrected chi connectivity index (χ4v) is 3.91. The molecule has 1 aromatic carbocycles. The van der Waals surface area contributed by atoms with Crippen molar-refractivity contribution in [2.75, 3.05) is 13.2 Å². The molecular weight excluding hydrogens is 312 g/mol. The molecule has 0 bridgehead atoms. The summed E-state index contributed by atoms with van der Waals surface area (Å²) in [6.07, 6.45) is 1.34. The molecule has 2 fully saturated rings. The molecule has 132 valence electrons. The van der Waals surface area contributed by atoms with Crippen molar-refractivity contribution in [1.82, 2.24) is 10.6 Å². The number of ether oxygens (including phenoxy) is 1. The van der Waals surface area contributed by atoms with E-state index in [0.717, 1.165) is 25.2 Å². The molecule has 1 aliphatic heterocycles. The van der Waals surface area contributed by atoms with Crippen LogP contribution in [0.1, 0.15) is 32.8 Å². The summed E-state index contributed by atoms with van der Waals surface area (Å²) in [7, 11) is 0. The van der Waals surface area contributed by atoms with E-state index in [1.54, 1.807) is 0 Å². The Bertz CT molecular complexity index is 633. The van der Waals surface area contributed by atoms with Gasteiger partial charge in [-0.05, 0) is 31.5 Å². The molecule has 3 rings (SSSR count). The zero-order chi connectivity index (χ0) is 17.3. The highest BCUT2D eigenvalue weighted by atomic mass is 19.1. The number of hydrogen-bond donors (Lipinski definition) is 2. The van der Waals surface area contributed by atoms with Gasteiger partial charge in [0.1, 0.15) is 11.6 Å². The number of hydrogen-bond acceptors (Lipinski definition) is 2. The van der Waals surface area contributed by atoms with E-state index in [0.29, 0.717) is 24.5 Å². The number of aliphatic imine (C=N–C) groups is 1. The van der Waals surface area contributed by atoms with Crippen molar-refractivity contribution in [2.45, 2.75) is 45.9 Å². The van der Waals surface area contributed by atoms with E-state index in [4.69, 9.17) is 4.74 Å². The first kappa shape index (κ1) is 17.1. The van der Waals surface area contributed by atoms with Crippen LogP contribution in [0.2, 0.25) is 0 Å². The molecule has 0 amide bonds. The van der Waals surface area contributed by atoms with Crippen LogP contribution in [0.5, 0.6) is 0 Å². The fraction of sp³-hybridized carbons (Fsp3) is 0.611. The summed E-state index contributed by atoms with van der Waals surface area (Å²) < 4.78 is 32.8. The smallest absolute Gasteiger partial charge is 0.191 e. The molecule has 1 saturated carbocycles. The Kier molecular flexibility index (Phi) is 4.76. The van der Waals surface area contributed by atoms with Crippen molar-refractivity contribution in [3.63, 3.8) is 0 Å². The second-order valence-electron chi connectivity index (χ2n) is 7.12. The Balaban J connectivity index is 1.71. The van der Waals surface area contributed by atoms with Gasteiger partial charge in [-0.1, -0.05) is 13.8 Å². The van der Waals surface area contributed by atoms with E-state index in [2.05, 4.69) is 29.5 Å². The summed E-state index contributed by atoms with van der Waals surface area (Å²) in [6.45, 7) is 7.96. The molecule has 3 atom stereocenters. The largest absolute Gasteiger partial charge is 0.377 e. The van der Waals surface area contributed by atoms with E-state index < -0.39 is 11.6 Å². The molecule has 4 nitrogen and oxygen atoms in total. The second-order valence-corrected chi connectivity index (χ2v) is 7.12. The van der Waals surface area contributed by atoms with Crippen LogP contribution in [0.3, 0.4) is 0 Å². The maximum atomic E-state index is 13.8. The zero-order valence-electron chi connectivity index (χ0n) is 14.4. The first-order chi connectivity index (χ1) is 11.4. The topological polar surface area (TPSA) is 45.7 Å². The van der Waals surface area contributed by atoms with Crippen LogP contribution in [0, 0.1) is 23.0 Å². The molecule has 24 heavy (non-hydrogen) atoms. The average Bonchev–Trinajstić information content (AvgIpc) is 3.00. The molecule has 0 aromatic heterocycles. The molecule has 6 heteroatoms. The minimum absolute atomic E-state index is 0.0292. The van der Waals surface area contributed by atoms with Gasteiger partial charge < -0.3 is 15.4 Å². The average molecular weight is 337 g/mol. The highest BCUT2D eigenvalue weighted by molar-refractivity contribution is 5.80. The van der Waals surface area contributed by atoms with Crippen molar-refractivity contribution >= 4 is 5.96 Å². The summed E-state index contributed by atoms with van der Waals surface area (Å²) >= 11 is 0. The van der Waals surface area contributed by atoms with Crippen molar-refractivity contribution in [3.8, 4) is 0 Å². The van der Waals surface area contributed by atoms with Crippen molar-refractivity contribution < 1.29 is 13.5 Å². The predicted molar refractivity (Wildman–Crippen MR) is 89.7 cm³/mol. The predicted octanol–water partition coefficient (Wildman–Crippen LogP) is 2.83. The summed E-state index contributed by atoms with van der Waals surface area (Å²) in [5.74, 6) is 0.217. The molecule has 1 saturated heterocycles. The standard InChI is InChI=1S/C18H25F2N3O/c1-4-21-17(22-10-11-9-12(19)5-6-14(11)20)23-15-13-7-8-24-16(13)18(15,2)3/h5-6,9,13,15-16H,4,7-8,10H2,1-3H3,(H2,21,22,23). The number of halogens is 2. The van der Waals surface area contributed by atoms with Gasteiger partial charge in [0.25, 0.3) is 0 Å². The van der Waals surface area contributed by atoms with Crippen LogP contribution in [-0.2, 0) is 11.3 Å². The van der Waals surface area contributed by atoms with Gasteiger partial charge in [-0.15, -0.1) is 0 Å². The Hall–Kier alpha value is -1.69. The third-order valence-electron chi connectivity index (χ3n) is 5.15. The number of benzene rings is 1. The molecule has 1 aliphatic carbocycles. The maximum Gasteiger partial charge on any atom is 0.191 e. The van der Waals surface area contributed by atoms with Crippen LogP contribution in [-0.4, -0.2) is 31.3 Å². The molecular formula is C18H25F2N3O. The Morgan fingerprint density at radius 2 is 2.17 bits per heavy atom. The summed E-state index contributed by atoms with van der Waals surface area (Å²) in [5, 5.41) is 6.65. The lowest BCUT2D eigenvalue weighted by atomic mass is 9.57. The van der Waals surface area contributed by atoms with Gasteiger partial charge in [0.05, 0.1) is 12.6 Å². The van der Waals surface area contributed by atoms with Crippen LogP contribution in [0.15, 0.2) is 23.2 Å². The van der Waals surface area contributed by atoms with E-state index in [9.17, 15) is 8.78 Å². The lowest BCUT2D eigenvalue weighted by Crippen LogP contribution is -2.67. The van der Waals surface area contributed by atoms with Gasteiger partial charge in [-0.3, -0.25) is 0 Å². The minimum atomic E-state index is -0.453. The first-order valence-corrected chi connectivity index (χ1v) is 8.54. The molecule has 1 aromatic rings. The van der Waals surface area contributed by atoms with Gasteiger partial charge in [-0.2, -0.15) is 0 Å². The fourth-order valence-electron chi connectivity index (χ4n) is 3.91. The van der Waals surface area contributed by atoms with E-state index in [1.807, 2.05) is 6.92 Å². The molecule has 1 heterocycles. The SMILES string of the molecule is CCNC(=NCc1cc(F)ccc1F)NC1C2CCOC2C1(C)C. The number of rotatable bonds is 4. The van der Waals surface area contributed by atoms with Gasteiger partial charge in [0, 0.05) is 36.1 Å². The lowest BCUT2D eigenvalue weighted by molar-refractivity contribution is -0.106. The van der Waals surface area contributed by atoms with Crippen LogP contribution >= 0.6 is 0 Å². The molecule has 3 unspecified atom stereocenters. The summed E-state index contributed by atoms with van der Waals surface area (Å²) in [5.41, 5.74) is 0.281. The van der Waals surface area contributed by atoms with Gasteiger partial charge in [0.2, 0.25) is 0 Å². The third-order valence-corrected chi connectivity index (χ3v) is 5.15. The lowest BCUT2D eigenvalue weighted by Gasteiger charge is -2.54. The molecule has 0 spiro atoms. The zero-order valence-corrected chi connectivity index (χ0v) is 14.4. The van der Waals surface area contributed by atoms with E-state index in [1.165, 1.54) is 6.07 Å². The van der Waals surface area contributed by atoms with Crippen molar-refractivity contribution in [2.24, 2.45) is 16.3 Å². The first-order valence-electron chi connectivity index (χ1n) is 8.54. The molecule has 0 radical (unpaired) electrons. The molecule has 2 aliphatic rings. The Morgan fingerprint density at radius 1 is 1.38 bits per heavy atom. The second kappa shape index (κ2) is 6.67. The van der Waals surface area contributed by atoms with Crippen molar-refractivity contribution in [3.05, 3.63) is 35.4 Å².